The van der Waals surface area contributed by atoms with Gasteiger partial charge in [0.1, 0.15) is 5.82 Å². The van der Waals surface area contributed by atoms with Crippen molar-refractivity contribution < 1.29 is 13.9 Å². The monoisotopic (exact) mass is 437 g/mol. The summed E-state index contributed by atoms with van der Waals surface area (Å²) in [5, 5.41) is 2.94. The number of morpholine rings is 1. The Morgan fingerprint density at radius 3 is 2.41 bits per heavy atom. The largest absolute Gasteiger partial charge is 0.378 e. The number of hydrogen-bond donors (Lipinski definition) is 1. The van der Waals surface area contributed by atoms with Crippen molar-refractivity contribution >= 4 is 17.3 Å². The molecule has 5 nitrogen and oxygen atoms in total. The van der Waals surface area contributed by atoms with E-state index in [0.717, 1.165) is 19.6 Å². The molecular formula is C26H32FN3O2. The van der Waals surface area contributed by atoms with Gasteiger partial charge in [0.2, 0.25) is 5.91 Å². The van der Waals surface area contributed by atoms with Gasteiger partial charge in [-0.3, -0.25) is 9.69 Å². The number of amides is 1. The molecule has 2 saturated heterocycles. The summed E-state index contributed by atoms with van der Waals surface area (Å²) >= 11 is 0. The number of likely N-dealkylation sites (tertiary alicyclic amines) is 1. The molecule has 6 heteroatoms. The summed E-state index contributed by atoms with van der Waals surface area (Å²) in [6, 6.07) is 13.9. The van der Waals surface area contributed by atoms with Crippen LogP contribution in [-0.2, 0) is 16.1 Å². The molecule has 2 aliphatic heterocycles. The number of anilines is 2. The molecule has 2 heterocycles. The third-order valence-electron chi connectivity index (χ3n) is 7.19. The molecule has 0 aromatic heterocycles. The zero-order valence-electron chi connectivity index (χ0n) is 18.9. The molecule has 1 saturated carbocycles. The Morgan fingerprint density at radius 2 is 1.78 bits per heavy atom. The SMILES string of the molecule is CC(C)c1ccc(CN2CC3C(C2)C3C(=O)Nc2ccc(N3CCOCC3)c(F)c2)cc1. The molecule has 32 heavy (non-hydrogen) atoms. The lowest BCUT2D eigenvalue weighted by molar-refractivity contribution is -0.118. The molecule has 170 valence electrons. The van der Waals surface area contributed by atoms with Gasteiger partial charge in [0.15, 0.2) is 0 Å². The smallest absolute Gasteiger partial charge is 0.228 e. The van der Waals surface area contributed by atoms with E-state index in [-0.39, 0.29) is 17.6 Å². The van der Waals surface area contributed by atoms with Gasteiger partial charge in [-0.25, -0.2) is 4.39 Å². The van der Waals surface area contributed by atoms with Crippen LogP contribution in [0.1, 0.15) is 30.9 Å². The number of carbonyl (C=O) groups is 1. The van der Waals surface area contributed by atoms with Crippen molar-refractivity contribution in [3.8, 4) is 0 Å². The first-order valence-electron chi connectivity index (χ1n) is 11.7. The van der Waals surface area contributed by atoms with Gasteiger partial charge in [-0.2, -0.15) is 0 Å². The topological polar surface area (TPSA) is 44.8 Å². The van der Waals surface area contributed by atoms with E-state index in [2.05, 4.69) is 48.3 Å². The van der Waals surface area contributed by atoms with E-state index in [4.69, 9.17) is 4.74 Å². The average molecular weight is 438 g/mol. The van der Waals surface area contributed by atoms with Crippen molar-refractivity contribution in [1.29, 1.82) is 0 Å². The first-order valence-corrected chi connectivity index (χ1v) is 11.7. The van der Waals surface area contributed by atoms with E-state index in [1.807, 2.05) is 4.90 Å². The molecule has 3 fully saturated rings. The molecule has 1 N–H and O–H groups in total. The zero-order chi connectivity index (χ0) is 22.2. The lowest BCUT2D eigenvalue weighted by atomic mass is 10.0. The van der Waals surface area contributed by atoms with Gasteiger partial charge in [-0.05, 0) is 47.1 Å². The maximum Gasteiger partial charge on any atom is 0.228 e. The minimum absolute atomic E-state index is 0.0273. The summed E-state index contributed by atoms with van der Waals surface area (Å²) in [5.74, 6) is 1.17. The maximum atomic E-state index is 14.6. The summed E-state index contributed by atoms with van der Waals surface area (Å²) in [7, 11) is 0. The van der Waals surface area contributed by atoms with E-state index >= 15 is 0 Å². The summed E-state index contributed by atoms with van der Waals surface area (Å²) in [6.07, 6.45) is 0. The lowest BCUT2D eigenvalue weighted by Crippen LogP contribution is -2.36. The van der Waals surface area contributed by atoms with Gasteiger partial charge in [0.05, 0.1) is 18.9 Å². The van der Waals surface area contributed by atoms with Crippen LogP contribution in [0.15, 0.2) is 42.5 Å². The molecule has 3 aliphatic rings. The molecule has 1 aliphatic carbocycles. The highest BCUT2D eigenvalue weighted by molar-refractivity contribution is 5.95. The third kappa shape index (κ3) is 4.39. The van der Waals surface area contributed by atoms with Gasteiger partial charge in [0, 0.05) is 44.3 Å². The number of piperidine rings is 1. The number of ether oxygens (including phenoxy) is 1. The molecule has 5 rings (SSSR count). The van der Waals surface area contributed by atoms with Crippen LogP contribution in [0.25, 0.3) is 0 Å². The van der Waals surface area contributed by atoms with Crippen molar-refractivity contribution in [2.24, 2.45) is 17.8 Å². The molecular weight excluding hydrogens is 405 g/mol. The van der Waals surface area contributed by atoms with Gasteiger partial charge in [-0.1, -0.05) is 38.1 Å². The minimum atomic E-state index is -0.296. The standard InChI is InChI=1S/C26H32FN3O2/c1-17(2)19-5-3-18(4-6-19)14-29-15-21-22(16-29)25(21)26(31)28-20-7-8-24(23(27)13-20)30-9-11-32-12-10-30/h3-8,13,17,21-22,25H,9-12,14-16H2,1-2H3,(H,28,31). The number of nitrogens with zero attached hydrogens (tertiary/aromatic N) is 2. The van der Waals surface area contributed by atoms with Crippen molar-refractivity contribution in [3.63, 3.8) is 0 Å². The van der Waals surface area contributed by atoms with E-state index in [1.54, 1.807) is 12.1 Å². The van der Waals surface area contributed by atoms with Crippen LogP contribution in [-0.4, -0.2) is 50.2 Å². The molecule has 1 amide bonds. The van der Waals surface area contributed by atoms with Gasteiger partial charge >= 0.3 is 0 Å². The van der Waals surface area contributed by atoms with E-state index in [0.29, 0.717) is 55.4 Å². The molecule has 0 radical (unpaired) electrons. The fraction of sp³-hybridized carbons (Fsp3) is 0.500. The number of nitrogens with one attached hydrogen (secondary N) is 1. The Hall–Kier alpha value is -2.44. The number of carbonyl (C=O) groups excluding carboxylic acids is 1. The second-order valence-electron chi connectivity index (χ2n) is 9.70. The Balaban J connectivity index is 1.12. The molecule has 2 atom stereocenters. The minimum Gasteiger partial charge on any atom is -0.378 e. The highest BCUT2D eigenvalue weighted by Crippen LogP contribution is 2.52. The molecule has 0 bridgehead atoms. The lowest BCUT2D eigenvalue weighted by Gasteiger charge is -2.29. The quantitative estimate of drug-likeness (QED) is 0.739. The van der Waals surface area contributed by atoms with Crippen molar-refractivity contribution in [2.45, 2.75) is 26.3 Å². The van der Waals surface area contributed by atoms with Gasteiger partial charge in [0.25, 0.3) is 0 Å². The Labute approximate surface area is 189 Å². The second kappa shape index (κ2) is 8.83. The zero-order valence-corrected chi connectivity index (χ0v) is 18.9. The fourth-order valence-electron chi connectivity index (χ4n) is 5.27. The molecule has 0 spiro atoms. The predicted molar refractivity (Wildman–Crippen MR) is 124 cm³/mol. The number of hydrogen-bond acceptors (Lipinski definition) is 4. The Kier molecular flexibility index (Phi) is 5.91. The number of halogens is 1. The Bertz CT molecular complexity index is 960. The van der Waals surface area contributed by atoms with E-state index in [9.17, 15) is 9.18 Å². The molecule has 2 unspecified atom stereocenters. The summed E-state index contributed by atoms with van der Waals surface area (Å²) in [6.45, 7) is 9.87. The summed E-state index contributed by atoms with van der Waals surface area (Å²) in [4.78, 5) is 17.2. The highest BCUT2D eigenvalue weighted by atomic mass is 19.1. The van der Waals surface area contributed by atoms with Gasteiger partial charge < -0.3 is 15.0 Å². The first-order chi connectivity index (χ1) is 15.5. The van der Waals surface area contributed by atoms with Crippen LogP contribution >= 0.6 is 0 Å². The third-order valence-corrected chi connectivity index (χ3v) is 7.19. The molecule has 2 aromatic rings. The van der Waals surface area contributed by atoms with Crippen LogP contribution in [0, 0.1) is 23.6 Å². The molecule has 2 aromatic carbocycles. The second-order valence-corrected chi connectivity index (χ2v) is 9.70. The van der Waals surface area contributed by atoms with E-state index in [1.165, 1.54) is 17.2 Å². The van der Waals surface area contributed by atoms with Crippen LogP contribution in [0.4, 0.5) is 15.8 Å². The van der Waals surface area contributed by atoms with Crippen LogP contribution in [0.2, 0.25) is 0 Å². The summed E-state index contributed by atoms with van der Waals surface area (Å²) in [5.41, 5.74) is 3.81. The highest BCUT2D eigenvalue weighted by Gasteiger charge is 2.59. The fourth-order valence-corrected chi connectivity index (χ4v) is 5.27. The van der Waals surface area contributed by atoms with Crippen molar-refractivity contribution in [2.75, 3.05) is 49.6 Å². The van der Waals surface area contributed by atoms with Crippen molar-refractivity contribution in [1.82, 2.24) is 4.90 Å². The van der Waals surface area contributed by atoms with Crippen LogP contribution < -0.4 is 10.2 Å². The Morgan fingerprint density at radius 1 is 1.09 bits per heavy atom. The maximum absolute atomic E-state index is 14.6. The summed E-state index contributed by atoms with van der Waals surface area (Å²) < 4.78 is 20.0. The number of benzene rings is 2. The normalized spacial score (nSPS) is 25.1. The number of fused-ring (bicyclic) bond motifs is 1. The van der Waals surface area contributed by atoms with E-state index < -0.39 is 0 Å². The first kappa shape index (κ1) is 21.4. The average Bonchev–Trinajstić information content (AvgIpc) is 3.30. The predicted octanol–water partition coefficient (Wildman–Crippen LogP) is 4.10. The van der Waals surface area contributed by atoms with Crippen LogP contribution in [0.5, 0.6) is 0 Å². The van der Waals surface area contributed by atoms with Crippen molar-refractivity contribution in [3.05, 3.63) is 59.4 Å². The van der Waals surface area contributed by atoms with Crippen LogP contribution in [0.3, 0.4) is 0 Å². The van der Waals surface area contributed by atoms with Gasteiger partial charge in [-0.15, -0.1) is 0 Å². The number of rotatable bonds is 6.